The van der Waals surface area contributed by atoms with Crippen LogP contribution in [0, 0.1) is 11.3 Å². The van der Waals surface area contributed by atoms with Crippen LogP contribution < -0.4 is 10.1 Å². The minimum absolute atomic E-state index is 0.226. The molecule has 7 heteroatoms. The number of amides is 1. The summed E-state index contributed by atoms with van der Waals surface area (Å²) in [4.78, 5) is 17.1. The first-order valence-electron chi connectivity index (χ1n) is 11.7. The van der Waals surface area contributed by atoms with Crippen molar-refractivity contribution in [2.75, 3.05) is 0 Å². The fourth-order valence-corrected chi connectivity index (χ4v) is 3.93. The lowest BCUT2D eigenvalue weighted by atomic mass is 10.1. The number of nitriles is 1. The molecule has 1 amide bonds. The number of hydrogen-bond donors (Lipinski definition) is 1. The summed E-state index contributed by atoms with van der Waals surface area (Å²) < 4.78 is 7.68. The highest BCUT2D eigenvalue weighted by molar-refractivity contribution is 5.94. The van der Waals surface area contributed by atoms with Crippen LogP contribution >= 0.6 is 0 Å². The number of nitrogens with one attached hydrogen (secondary N) is 1. The van der Waals surface area contributed by atoms with Gasteiger partial charge in [0.05, 0.1) is 23.0 Å². The number of aromatic nitrogens is 3. The third-order valence-electron chi connectivity index (χ3n) is 5.83. The van der Waals surface area contributed by atoms with Crippen LogP contribution in [-0.4, -0.2) is 20.7 Å². The lowest BCUT2D eigenvalue weighted by Gasteiger charge is -2.10. The van der Waals surface area contributed by atoms with Crippen LogP contribution in [0.2, 0.25) is 0 Å². The summed E-state index contributed by atoms with van der Waals surface area (Å²) in [6, 6.07) is 30.1. The van der Waals surface area contributed by atoms with Gasteiger partial charge in [-0.1, -0.05) is 42.5 Å². The molecule has 0 aliphatic heterocycles. The molecule has 0 aliphatic rings. The molecular weight excluding hydrogens is 462 g/mol. The van der Waals surface area contributed by atoms with Gasteiger partial charge in [0.1, 0.15) is 12.4 Å². The molecule has 0 radical (unpaired) electrons. The fraction of sp³-hybridized carbons (Fsp3) is 0.0667. The monoisotopic (exact) mass is 485 g/mol. The first kappa shape index (κ1) is 23.5. The van der Waals surface area contributed by atoms with Gasteiger partial charge in [-0.05, 0) is 48.5 Å². The topological polar surface area (TPSA) is 92.8 Å². The minimum Gasteiger partial charge on any atom is -0.489 e. The summed E-state index contributed by atoms with van der Waals surface area (Å²) in [5.41, 5.74) is 5.34. The number of rotatable bonds is 8. The molecule has 2 heterocycles. The Morgan fingerprint density at radius 1 is 0.919 bits per heavy atom. The smallest absolute Gasteiger partial charge is 0.251 e. The Morgan fingerprint density at radius 3 is 2.51 bits per heavy atom. The summed E-state index contributed by atoms with van der Waals surface area (Å²) in [6.45, 7) is 0.534. The van der Waals surface area contributed by atoms with E-state index in [2.05, 4.69) is 16.4 Å². The molecule has 7 nitrogen and oxygen atoms in total. The average Bonchev–Trinajstić information content (AvgIpc) is 3.40. The number of nitrogens with zero attached hydrogens (tertiary/aromatic N) is 4. The highest BCUT2D eigenvalue weighted by Crippen LogP contribution is 2.23. The van der Waals surface area contributed by atoms with Crippen molar-refractivity contribution >= 4 is 5.91 Å². The van der Waals surface area contributed by atoms with Crippen molar-refractivity contribution in [1.29, 1.82) is 5.26 Å². The lowest BCUT2D eigenvalue weighted by molar-refractivity contribution is 0.0950. The normalized spacial score (nSPS) is 10.5. The van der Waals surface area contributed by atoms with E-state index in [-0.39, 0.29) is 12.5 Å². The molecule has 0 atom stereocenters. The highest BCUT2D eigenvalue weighted by atomic mass is 16.5. The van der Waals surface area contributed by atoms with E-state index in [0.29, 0.717) is 23.4 Å². The van der Waals surface area contributed by atoms with Gasteiger partial charge in [0, 0.05) is 47.4 Å². The second-order valence-electron chi connectivity index (χ2n) is 8.29. The van der Waals surface area contributed by atoms with Gasteiger partial charge < -0.3 is 10.1 Å². The fourth-order valence-electron chi connectivity index (χ4n) is 3.93. The van der Waals surface area contributed by atoms with E-state index >= 15 is 0 Å². The second-order valence-corrected chi connectivity index (χ2v) is 8.29. The van der Waals surface area contributed by atoms with Crippen molar-refractivity contribution in [2.24, 2.45) is 0 Å². The first-order valence-corrected chi connectivity index (χ1v) is 11.7. The van der Waals surface area contributed by atoms with Crippen LogP contribution in [-0.2, 0) is 13.2 Å². The van der Waals surface area contributed by atoms with Gasteiger partial charge >= 0.3 is 0 Å². The third kappa shape index (κ3) is 5.55. The number of benzene rings is 3. The summed E-state index contributed by atoms with van der Waals surface area (Å²) >= 11 is 0. The zero-order valence-electron chi connectivity index (χ0n) is 19.9. The Morgan fingerprint density at radius 2 is 1.70 bits per heavy atom. The van der Waals surface area contributed by atoms with E-state index in [9.17, 15) is 10.1 Å². The Kier molecular flexibility index (Phi) is 7.00. The molecule has 1 N–H and O–H groups in total. The maximum atomic E-state index is 13.0. The number of carbonyl (C=O) groups is 1. The standard InChI is InChI=1S/C30H23N5O2/c31-18-24-7-4-5-8-25(24)21-37-28-12-6-9-23(17-28)30(36)33-19-26-20-35(27-10-2-1-3-11-27)34-29(26)22-13-15-32-16-14-22/h1-17,20H,19,21H2,(H,33,36). The number of hydrogen-bond acceptors (Lipinski definition) is 5. The van der Waals surface area contributed by atoms with Gasteiger partial charge in [-0.15, -0.1) is 0 Å². The highest BCUT2D eigenvalue weighted by Gasteiger charge is 2.14. The van der Waals surface area contributed by atoms with Crippen molar-refractivity contribution < 1.29 is 9.53 Å². The second kappa shape index (κ2) is 11.0. The summed E-state index contributed by atoms with van der Waals surface area (Å²) in [7, 11) is 0. The third-order valence-corrected chi connectivity index (χ3v) is 5.83. The maximum absolute atomic E-state index is 13.0. The number of ether oxygens (including phenoxy) is 1. The predicted molar refractivity (Wildman–Crippen MR) is 140 cm³/mol. The molecule has 0 aliphatic carbocycles. The van der Waals surface area contributed by atoms with E-state index in [1.54, 1.807) is 42.7 Å². The maximum Gasteiger partial charge on any atom is 0.251 e. The van der Waals surface area contributed by atoms with Crippen LogP contribution in [0.25, 0.3) is 16.9 Å². The quantitative estimate of drug-likeness (QED) is 0.321. The van der Waals surface area contributed by atoms with Gasteiger partial charge in [-0.2, -0.15) is 10.4 Å². The molecule has 37 heavy (non-hydrogen) atoms. The SMILES string of the molecule is N#Cc1ccccc1COc1cccc(C(=O)NCc2cn(-c3ccccc3)nc2-c2ccncc2)c1. The lowest BCUT2D eigenvalue weighted by Crippen LogP contribution is -2.22. The molecule has 0 spiro atoms. The van der Waals surface area contributed by atoms with Crippen molar-refractivity contribution in [2.45, 2.75) is 13.2 Å². The summed E-state index contributed by atoms with van der Waals surface area (Å²) in [6.07, 6.45) is 5.37. The number of para-hydroxylation sites is 1. The zero-order valence-corrected chi connectivity index (χ0v) is 19.9. The zero-order chi connectivity index (χ0) is 25.5. The van der Waals surface area contributed by atoms with E-state index in [1.807, 2.05) is 71.5 Å². The average molecular weight is 486 g/mol. The molecule has 180 valence electrons. The predicted octanol–water partition coefficient (Wildman–Crippen LogP) is 5.31. The summed E-state index contributed by atoms with van der Waals surface area (Å²) in [5, 5.41) is 17.1. The van der Waals surface area contributed by atoms with Crippen LogP contribution in [0.5, 0.6) is 5.75 Å². The van der Waals surface area contributed by atoms with Crippen molar-refractivity contribution in [3.63, 3.8) is 0 Å². The molecule has 0 unspecified atom stereocenters. The van der Waals surface area contributed by atoms with Crippen molar-refractivity contribution in [1.82, 2.24) is 20.1 Å². The molecule has 0 saturated carbocycles. The molecule has 0 fully saturated rings. The first-order chi connectivity index (χ1) is 18.2. The molecule has 3 aromatic carbocycles. The van der Waals surface area contributed by atoms with Crippen LogP contribution in [0.15, 0.2) is 110 Å². The minimum atomic E-state index is -0.226. The van der Waals surface area contributed by atoms with Crippen molar-refractivity contribution in [3.8, 4) is 28.8 Å². The summed E-state index contributed by atoms with van der Waals surface area (Å²) in [5.74, 6) is 0.325. The molecule has 0 bridgehead atoms. The van der Waals surface area contributed by atoms with E-state index in [4.69, 9.17) is 9.84 Å². The van der Waals surface area contributed by atoms with Crippen LogP contribution in [0.3, 0.4) is 0 Å². The Balaban J connectivity index is 1.31. The molecule has 5 rings (SSSR count). The van der Waals surface area contributed by atoms with Gasteiger partial charge in [0.25, 0.3) is 5.91 Å². The van der Waals surface area contributed by atoms with Gasteiger partial charge in [0.2, 0.25) is 0 Å². The van der Waals surface area contributed by atoms with E-state index in [1.165, 1.54) is 0 Å². The molecule has 5 aromatic rings. The van der Waals surface area contributed by atoms with Crippen LogP contribution in [0.1, 0.15) is 27.0 Å². The molecule has 0 saturated heterocycles. The Bertz CT molecular complexity index is 1560. The van der Waals surface area contributed by atoms with E-state index in [0.717, 1.165) is 28.1 Å². The molecular formula is C30H23N5O2. The van der Waals surface area contributed by atoms with Crippen molar-refractivity contribution in [3.05, 3.63) is 132 Å². The van der Waals surface area contributed by atoms with E-state index < -0.39 is 0 Å². The largest absolute Gasteiger partial charge is 0.489 e. The number of pyridine rings is 1. The Hall–Kier alpha value is -5.22. The van der Waals surface area contributed by atoms with Gasteiger partial charge in [-0.3, -0.25) is 9.78 Å². The molecule has 2 aromatic heterocycles. The Labute approximate surface area is 214 Å². The van der Waals surface area contributed by atoms with Gasteiger partial charge in [0.15, 0.2) is 0 Å². The van der Waals surface area contributed by atoms with Crippen LogP contribution in [0.4, 0.5) is 0 Å². The number of carbonyl (C=O) groups excluding carboxylic acids is 1. The van der Waals surface area contributed by atoms with Gasteiger partial charge in [-0.25, -0.2) is 4.68 Å².